The van der Waals surface area contributed by atoms with Crippen LogP contribution in [0.4, 0.5) is 4.79 Å². The van der Waals surface area contributed by atoms with Crippen LogP contribution in [0.5, 0.6) is 0 Å². The van der Waals surface area contributed by atoms with Crippen molar-refractivity contribution in [3.8, 4) is 0 Å². The van der Waals surface area contributed by atoms with Crippen LogP contribution in [-0.4, -0.2) is 42.4 Å². The Labute approximate surface area is 92.2 Å². The summed E-state index contributed by atoms with van der Waals surface area (Å²) in [6.45, 7) is 7.30. The molecule has 0 aromatic carbocycles. The SMILES string of the molecule is CCC(C)N1CCCCC1.COC(=O)O. The largest absolute Gasteiger partial charge is 0.505 e. The van der Waals surface area contributed by atoms with Crippen molar-refractivity contribution in [2.45, 2.75) is 45.6 Å². The van der Waals surface area contributed by atoms with Crippen LogP contribution in [0.2, 0.25) is 0 Å². The summed E-state index contributed by atoms with van der Waals surface area (Å²) in [6.07, 6.45) is 4.35. The second kappa shape index (κ2) is 8.53. The quantitative estimate of drug-likeness (QED) is 0.722. The molecule has 0 aliphatic carbocycles. The first-order chi connectivity index (χ1) is 7.11. The fraction of sp³-hybridized carbons (Fsp3) is 0.909. The Kier molecular flexibility index (Phi) is 8.09. The van der Waals surface area contributed by atoms with Gasteiger partial charge in [0, 0.05) is 6.04 Å². The van der Waals surface area contributed by atoms with Crippen molar-refractivity contribution in [3.05, 3.63) is 0 Å². The molecule has 90 valence electrons. The average Bonchev–Trinajstić information content (AvgIpc) is 2.30. The van der Waals surface area contributed by atoms with E-state index in [1.54, 1.807) is 0 Å². The standard InChI is InChI=1S/C9H19N.C2H4O3/c1-3-9(2)10-7-5-4-6-8-10;1-5-2(3)4/h9H,3-8H2,1-2H3;1H3,(H,3,4). The highest BCUT2D eigenvalue weighted by Gasteiger charge is 2.13. The summed E-state index contributed by atoms with van der Waals surface area (Å²) in [5.41, 5.74) is 0. The summed E-state index contributed by atoms with van der Waals surface area (Å²) in [5, 5.41) is 7.50. The fourth-order valence-electron chi connectivity index (χ4n) is 1.62. The second-order valence-corrected chi connectivity index (χ2v) is 3.82. The Morgan fingerprint density at radius 2 is 1.87 bits per heavy atom. The summed E-state index contributed by atoms with van der Waals surface area (Å²) in [7, 11) is 1.10. The lowest BCUT2D eigenvalue weighted by molar-refractivity contribution is 0.114. The molecule has 1 N–H and O–H groups in total. The van der Waals surface area contributed by atoms with Crippen molar-refractivity contribution in [3.63, 3.8) is 0 Å². The summed E-state index contributed by atoms with van der Waals surface area (Å²) >= 11 is 0. The molecule has 0 aromatic heterocycles. The van der Waals surface area contributed by atoms with E-state index < -0.39 is 6.16 Å². The Bertz CT molecular complexity index is 167. The lowest BCUT2D eigenvalue weighted by Crippen LogP contribution is -2.36. The molecule has 0 saturated carbocycles. The molecule has 1 aliphatic rings. The highest BCUT2D eigenvalue weighted by atomic mass is 16.6. The Morgan fingerprint density at radius 1 is 1.40 bits per heavy atom. The number of nitrogens with zero attached hydrogens (tertiary/aromatic N) is 1. The summed E-state index contributed by atoms with van der Waals surface area (Å²) in [6, 6.07) is 0.820. The molecule has 15 heavy (non-hydrogen) atoms. The Morgan fingerprint density at radius 3 is 2.20 bits per heavy atom. The number of ether oxygens (including phenoxy) is 1. The van der Waals surface area contributed by atoms with Crippen LogP contribution in [0.3, 0.4) is 0 Å². The van der Waals surface area contributed by atoms with E-state index in [9.17, 15) is 0 Å². The number of piperidine rings is 1. The molecule has 1 rings (SSSR count). The molecule has 0 spiro atoms. The predicted molar refractivity (Wildman–Crippen MR) is 60.2 cm³/mol. The lowest BCUT2D eigenvalue weighted by Gasteiger charge is -2.31. The molecule has 0 aromatic rings. The van der Waals surface area contributed by atoms with Gasteiger partial charge in [0.05, 0.1) is 7.11 Å². The third-order valence-electron chi connectivity index (χ3n) is 2.78. The van der Waals surface area contributed by atoms with Gasteiger partial charge < -0.3 is 14.7 Å². The van der Waals surface area contributed by atoms with Crippen LogP contribution in [0, 0.1) is 0 Å². The zero-order valence-corrected chi connectivity index (χ0v) is 10.0. The number of methoxy groups -OCH3 is 1. The van der Waals surface area contributed by atoms with E-state index in [0.717, 1.165) is 13.2 Å². The van der Waals surface area contributed by atoms with E-state index in [2.05, 4.69) is 23.5 Å². The van der Waals surface area contributed by atoms with Crippen LogP contribution < -0.4 is 0 Å². The molecule has 4 nitrogen and oxygen atoms in total. The minimum Gasteiger partial charge on any atom is -0.450 e. The van der Waals surface area contributed by atoms with E-state index in [1.165, 1.54) is 38.8 Å². The van der Waals surface area contributed by atoms with Crippen LogP contribution in [-0.2, 0) is 4.74 Å². The van der Waals surface area contributed by atoms with Gasteiger partial charge in [-0.3, -0.25) is 0 Å². The number of carboxylic acid groups (broad SMARTS) is 1. The molecule has 1 heterocycles. The first-order valence-corrected chi connectivity index (χ1v) is 5.62. The topological polar surface area (TPSA) is 49.8 Å². The molecule has 1 aliphatic heterocycles. The Hall–Kier alpha value is -0.770. The van der Waals surface area contributed by atoms with Crippen LogP contribution in [0.25, 0.3) is 0 Å². The zero-order chi connectivity index (χ0) is 11.7. The van der Waals surface area contributed by atoms with Crippen molar-refractivity contribution in [2.75, 3.05) is 20.2 Å². The van der Waals surface area contributed by atoms with Gasteiger partial charge in [0.15, 0.2) is 0 Å². The molecular formula is C11H23NO3. The predicted octanol–water partition coefficient (Wildman–Crippen LogP) is 2.58. The van der Waals surface area contributed by atoms with Gasteiger partial charge in [0.1, 0.15) is 0 Å². The van der Waals surface area contributed by atoms with Crippen LogP contribution >= 0.6 is 0 Å². The monoisotopic (exact) mass is 217 g/mol. The van der Waals surface area contributed by atoms with Gasteiger partial charge in [-0.25, -0.2) is 4.79 Å². The summed E-state index contributed by atoms with van der Waals surface area (Å²) in [5.74, 6) is 0. The second-order valence-electron chi connectivity index (χ2n) is 3.82. The van der Waals surface area contributed by atoms with Gasteiger partial charge in [-0.1, -0.05) is 13.3 Å². The van der Waals surface area contributed by atoms with Crippen molar-refractivity contribution in [2.24, 2.45) is 0 Å². The molecule has 0 bridgehead atoms. The van der Waals surface area contributed by atoms with E-state index in [-0.39, 0.29) is 0 Å². The van der Waals surface area contributed by atoms with E-state index >= 15 is 0 Å². The van der Waals surface area contributed by atoms with Gasteiger partial charge in [0.2, 0.25) is 0 Å². The van der Waals surface area contributed by atoms with Gasteiger partial charge >= 0.3 is 6.16 Å². The van der Waals surface area contributed by atoms with Gasteiger partial charge in [0.25, 0.3) is 0 Å². The van der Waals surface area contributed by atoms with Crippen LogP contribution in [0.15, 0.2) is 0 Å². The smallest absolute Gasteiger partial charge is 0.450 e. The van der Waals surface area contributed by atoms with Crippen molar-refractivity contribution < 1.29 is 14.6 Å². The maximum Gasteiger partial charge on any atom is 0.505 e. The summed E-state index contributed by atoms with van der Waals surface area (Å²) in [4.78, 5) is 11.8. The van der Waals surface area contributed by atoms with E-state index in [1.807, 2.05) is 0 Å². The maximum absolute atomic E-state index is 9.15. The van der Waals surface area contributed by atoms with Gasteiger partial charge in [-0.2, -0.15) is 0 Å². The van der Waals surface area contributed by atoms with E-state index in [0.29, 0.717) is 0 Å². The maximum atomic E-state index is 9.15. The molecule has 1 atom stereocenters. The van der Waals surface area contributed by atoms with Gasteiger partial charge in [-0.15, -0.1) is 0 Å². The van der Waals surface area contributed by atoms with Crippen molar-refractivity contribution in [1.29, 1.82) is 0 Å². The molecule has 0 radical (unpaired) electrons. The zero-order valence-electron chi connectivity index (χ0n) is 10.0. The minimum absolute atomic E-state index is 0.820. The number of hydrogen-bond donors (Lipinski definition) is 1. The first-order valence-electron chi connectivity index (χ1n) is 5.62. The molecule has 1 unspecified atom stereocenters. The number of hydrogen-bond acceptors (Lipinski definition) is 3. The molecule has 4 heteroatoms. The molecule has 1 fully saturated rings. The highest BCUT2D eigenvalue weighted by Crippen LogP contribution is 2.13. The number of carbonyl (C=O) groups is 1. The van der Waals surface area contributed by atoms with Crippen molar-refractivity contribution in [1.82, 2.24) is 4.90 Å². The lowest BCUT2D eigenvalue weighted by atomic mass is 10.1. The average molecular weight is 217 g/mol. The summed E-state index contributed by atoms with van der Waals surface area (Å²) < 4.78 is 3.67. The third kappa shape index (κ3) is 7.19. The molecule has 0 amide bonds. The number of likely N-dealkylation sites (tertiary alicyclic amines) is 1. The Balaban J connectivity index is 0.000000336. The van der Waals surface area contributed by atoms with Crippen molar-refractivity contribution >= 4 is 6.16 Å². The molecular weight excluding hydrogens is 194 g/mol. The third-order valence-corrected chi connectivity index (χ3v) is 2.78. The van der Waals surface area contributed by atoms with Gasteiger partial charge in [-0.05, 0) is 39.3 Å². The minimum atomic E-state index is -1.25. The number of rotatable bonds is 2. The molecule has 1 saturated heterocycles. The van der Waals surface area contributed by atoms with E-state index in [4.69, 9.17) is 9.90 Å². The van der Waals surface area contributed by atoms with Crippen LogP contribution in [0.1, 0.15) is 39.5 Å². The highest BCUT2D eigenvalue weighted by molar-refractivity contribution is 5.56. The fourth-order valence-corrected chi connectivity index (χ4v) is 1.62. The first kappa shape index (κ1) is 14.2. The normalized spacial score (nSPS) is 18.6.